The molecule has 0 atom stereocenters. The highest BCUT2D eigenvalue weighted by Gasteiger charge is 2.03. The Bertz CT molecular complexity index is 493. The van der Waals surface area contributed by atoms with Gasteiger partial charge in [-0.05, 0) is 30.8 Å². The second kappa shape index (κ2) is 3.52. The van der Waals surface area contributed by atoms with Crippen LogP contribution in [0.3, 0.4) is 0 Å². The van der Waals surface area contributed by atoms with Gasteiger partial charge < -0.3 is 10.2 Å². The van der Waals surface area contributed by atoms with Gasteiger partial charge in [0.1, 0.15) is 11.3 Å². The maximum absolute atomic E-state index is 8.70. The third-order valence-corrected chi connectivity index (χ3v) is 2.09. The molecule has 2 aromatic rings. The molecular formula is C11H10N2O. The van der Waals surface area contributed by atoms with Crippen molar-refractivity contribution in [2.24, 2.45) is 5.73 Å². The van der Waals surface area contributed by atoms with Crippen molar-refractivity contribution in [2.75, 3.05) is 6.54 Å². The molecule has 0 spiro atoms. The van der Waals surface area contributed by atoms with E-state index in [-0.39, 0.29) is 0 Å². The Kier molecular flexibility index (Phi) is 2.21. The molecule has 0 unspecified atom stereocenters. The summed E-state index contributed by atoms with van der Waals surface area (Å²) in [4.78, 5) is 0. The van der Waals surface area contributed by atoms with E-state index in [1.165, 1.54) is 0 Å². The first-order chi connectivity index (χ1) is 6.83. The Morgan fingerprint density at radius 2 is 2.21 bits per heavy atom. The number of rotatable bonds is 2. The molecule has 0 radical (unpaired) electrons. The van der Waals surface area contributed by atoms with Crippen LogP contribution in [-0.2, 0) is 6.42 Å². The molecule has 70 valence electrons. The summed E-state index contributed by atoms with van der Waals surface area (Å²) >= 11 is 0. The number of hydrogen-bond donors (Lipinski definition) is 1. The third kappa shape index (κ3) is 1.48. The lowest BCUT2D eigenvalue weighted by atomic mass is 10.2. The summed E-state index contributed by atoms with van der Waals surface area (Å²) in [6.07, 6.45) is 0.733. The number of nitriles is 1. The van der Waals surface area contributed by atoms with E-state index in [0.29, 0.717) is 12.1 Å². The lowest BCUT2D eigenvalue weighted by Gasteiger charge is -1.89. The van der Waals surface area contributed by atoms with Gasteiger partial charge in [0.25, 0.3) is 0 Å². The predicted molar refractivity (Wildman–Crippen MR) is 53.7 cm³/mol. The van der Waals surface area contributed by atoms with Crippen LogP contribution in [0.5, 0.6) is 0 Å². The zero-order valence-electron chi connectivity index (χ0n) is 7.66. The standard InChI is InChI=1S/C11H10N2O/c12-4-3-10-6-9-2-1-8(7-13)5-11(9)14-10/h1-2,5-6H,3-4,12H2. The zero-order valence-corrected chi connectivity index (χ0v) is 7.66. The summed E-state index contributed by atoms with van der Waals surface area (Å²) in [7, 11) is 0. The van der Waals surface area contributed by atoms with Crippen molar-refractivity contribution in [3.05, 3.63) is 35.6 Å². The van der Waals surface area contributed by atoms with E-state index in [0.717, 1.165) is 23.2 Å². The SMILES string of the molecule is N#Cc1ccc2cc(CCN)oc2c1. The molecule has 0 aliphatic heterocycles. The Morgan fingerprint density at radius 1 is 1.36 bits per heavy atom. The number of fused-ring (bicyclic) bond motifs is 1. The highest BCUT2D eigenvalue weighted by atomic mass is 16.3. The fourth-order valence-electron chi connectivity index (χ4n) is 1.42. The van der Waals surface area contributed by atoms with Crippen LogP contribution in [0.4, 0.5) is 0 Å². The highest BCUT2D eigenvalue weighted by Crippen LogP contribution is 2.20. The summed E-state index contributed by atoms with van der Waals surface area (Å²) in [5, 5.41) is 9.72. The minimum absolute atomic E-state index is 0.574. The average Bonchev–Trinajstić information content (AvgIpc) is 2.59. The Morgan fingerprint density at radius 3 is 2.93 bits per heavy atom. The van der Waals surface area contributed by atoms with Gasteiger partial charge in [0, 0.05) is 11.8 Å². The van der Waals surface area contributed by atoms with E-state index in [9.17, 15) is 0 Å². The van der Waals surface area contributed by atoms with Crippen molar-refractivity contribution in [3.8, 4) is 6.07 Å². The van der Waals surface area contributed by atoms with Gasteiger partial charge in [-0.3, -0.25) is 0 Å². The third-order valence-electron chi connectivity index (χ3n) is 2.09. The van der Waals surface area contributed by atoms with Gasteiger partial charge in [0.2, 0.25) is 0 Å². The number of nitrogens with zero attached hydrogens (tertiary/aromatic N) is 1. The van der Waals surface area contributed by atoms with Crippen LogP contribution in [-0.4, -0.2) is 6.54 Å². The first-order valence-corrected chi connectivity index (χ1v) is 4.46. The van der Waals surface area contributed by atoms with Crippen LogP contribution in [0.1, 0.15) is 11.3 Å². The van der Waals surface area contributed by atoms with E-state index in [4.69, 9.17) is 15.4 Å². The molecule has 0 aliphatic rings. The number of hydrogen-bond acceptors (Lipinski definition) is 3. The maximum atomic E-state index is 8.70. The van der Waals surface area contributed by atoms with Gasteiger partial charge >= 0.3 is 0 Å². The molecule has 2 rings (SSSR count). The van der Waals surface area contributed by atoms with Gasteiger partial charge in [-0.15, -0.1) is 0 Å². The van der Waals surface area contributed by atoms with Gasteiger partial charge in [0.15, 0.2) is 0 Å². The number of benzene rings is 1. The van der Waals surface area contributed by atoms with Gasteiger partial charge in [-0.1, -0.05) is 0 Å². The largest absolute Gasteiger partial charge is 0.461 e. The van der Waals surface area contributed by atoms with Gasteiger partial charge in [-0.25, -0.2) is 0 Å². The van der Waals surface area contributed by atoms with E-state index >= 15 is 0 Å². The van der Waals surface area contributed by atoms with E-state index in [1.54, 1.807) is 12.1 Å². The molecular weight excluding hydrogens is 176 g/mol. The summed E-state index contributed by atoms with van der Waals surface area (Å²) in [6, 6.07) is 9.45. The summed E-state index contributed by atoms with van der Waals surface area (Å²) in [5.41, 5.74) is 6.80. The van der Waals surface area contributed by atoms with Crippen molar-refractivity contribution in [2.45, 2.75) is 6.42 Å². The second-order valence-corrected chi connectivity index (χ2v) is 3.12. The zero-order chi connectivity index (χ0) is 9.97. The molecule has 0 amide bonds. The van der Waals surface area contributed by atoms with Gasteiger partial charge in [-0.2, -0.15) is 5.26 Å². The summed E-state index contributed by atoms with van der Waals surface area (Å²) in [5.74, 6) is 0.873. The van der Waals surface area contributed by atoms with Crippen molar-refractivity contribution < 1.29 is 4.42 Å². The first kappa shape index (κ1) is 8.79. The van der Waals surface area contributed by atoms with E-state index in [2.05, 4.69) is 6.07 Å². The molecule has 1 heterocycles. The smallest absolute Gasteiger partial charge is 0.135 e. The Balaban J connectivity index is 2.50. The summed E-state index contributed by atoms with van der Waals surface area (Å²) in [6.45, 7) is 0.574. The minimum atomic E-state index is 0.574. The number of nitrogens with two attached hydrogens (primary N) is 1. The lowest BCUT2D eigenvalue weighted by molar-refractivity contribution is 0.550. The molecule has 14 heavy (non-hydrogen) atoms. The van der Waals surface area contributed by atoms with Crippen LogP contribution in [0.2, 0.25) is 0 Å². The number of furan rings is 1. The lowest BCUT2D eigenvalue weighted by Crippen LogP contribution is -2.01. The van der Waals surface area contributed by atoms with E-state index < -0.39 is 0 Å². The molecule has 1 aromatic carbocycles. The van der Waals surface area contributed by atoms with Crippen LogP contribution in [0.15, 0.2) is 28.7 Å². The van der Waals surface area contributed by atoms with Crippen LogP contribution >= 0.6 is 0 Å². The molecule has 0 saturated heterocycles. The van der Waals surface area contributed by atoms with Crippen molar-refractivity contribution >= 4 is 11.0 Å². The molecule has 0 fully saturated rings. The fraction of sp³-hybridized carbons (Fsp3) is 0.182. The Labute approximate surface area is 81.7 Å². The Hall–Kier alpha value is -1.79. The monoisotopic (exact) mass is 186 g/mol. The molecule has 0 aliphatic carbocycles. The normalized spacial score (nSPS) is 10.3. The maximum Gasteiger partial charge on any atom is 0.135 e. The van der Waals surface area contributed by atoms with Crippen molar-refractivity contribution in [1.82, 2.24) is 0 Å². The average molecular weight is 186 g/mol. The first-order valence-electron chi connectivity index (χ1n) is 4.46. The second-order valence-electron chi connectivity index (χ2n) is 3.12. The fourth-order valence-corrected chi connectivity index (χ4v) is 1.42. The minimum Gasteiger partial charge on any atom is -0.461 e. The van der Waals surface area contributed by atoms with Crippen molar-refractivity contribution in [1.29, 1.82) is 5.26 Å². The predicted octanol–water partition coefficient (Wildman–Crippen LogP) is 1.81. The quantitative estimate of drug-likeness (QED) is 0.777. The van der Waals surface area contributed by atoms with Crippen LogP contribution in [0, 0.1) is 11.3 Å². The van der Waals surface area contributed by atoms with Gasteiger partial charge in [0.05, 0.1) is 11.6 Å². The molecule has 2 N–H and O–H groups in total. The molecule has 3 nitrogen and oxygen atoms in total. The molecule has 0 saturated carbocycles. The van der Waals surface area contributed by atoms with Crippen LogP contribution in [0.25, 0.3) is 11.0 Å². The highest BCUT2D eigenvalue weighted by molar-refractivity contribution is 5.79. The topological polar surface area (TPSA) is 63.0 Å². The molecule has 0 bridgehead atoms. The van der Waals surface area contributed by atoms with Crippen molar-refractivity contribution in [3.63, 3.8) is 0 Å². The molecule has 1 aromatic heterocycles. The van der Waals surface area contributed by atoms with E-state index in [1.807, 2.05) is 12.1 Å². The molecule has 3 heteroatoms. The van der Waals surface area contributed by atoms with Crippen LogP contribution < -0.4 is 5.73 Å². The summed E-state index contributed by atoms with van der Waals surface area (Å²) < 4.78 is 5.52.